The second-order valence-corrected chi connectivity index (χ2v) is 6.93. The lowest BCUT2D eigenvalue weighted by atomic mass is 9.98. The molecule has 1 N–H and O–H groups in total. The Morgan fingerprint density at radius 2 is 1.95 bits per heavy atom. The number of thioether (sulfide) groups is 1. The molecule has 0 amide bonds. The third-order valence-corrected chi connectivity index (χ3v) is 4.24. The van der Waals surface area contributed by atoms with E-state index in [9.17, 15) is 4.79 Å². The molecule has 0 aliphatic carbocycles. The first-order chi connectivity index (χ1) is 9.87. The van der Waals surface area contributed by atoms with Gasteiger partial charge in [-0.1, -0.05) is 17.7 Å². The Morgan fingerprint density at radius 3 is 2.48 bits per heavy atom. The summed E-state index contributed by atoms with van der Waals surface area (Å²) in [6, 6.07) is 8.71. The highest BCUT2D eigenvalue weighted by atomic mass is 32.2. The number of rotatable bonds is 8. The average molecular weight is 309 g/mol. The van der Waals surface area contributed by atoms with Gasteiger partial charge in [0.25, 0.3) is 0 Å². The molecule has 1 aromatic carbocycles. The fourth-order valence-corrected chi connectivity index (χ4v) is 3.24. The van der Waals surface area contributed by atoms with Crippen LogP contribution in [0.4, 0.5) is 0 Å². The number of benzene rings is 1. The first-order valence-corrected chi connectivity index (χ1v) is 8.50. The van der Waals surface area contributed by atoms with E-state index in [1.807, 2.05) is 27.7 Å². The lowest BCUT2D eigenvalue weighted by molar-refractivity contribution is -0.150. The minimum atomic E-state index is -0.623. The zero-order chi connectivity index (χ0) is 15.9. The predicted molar refractivity (Wildman–Crippen MR) is 89.8 cm³/mol. The van der Waals surface area contributed by atoms with Gasteiger partial charge in [-0.05, 0) is 53.2 Å². The highest BCUT2D eigenvalue weighted by Crippen LogP contribution is 2.23. The number of carbonyl (C=O) groups excluding carboxylic acids is 1. The predicted octanol–water partition coefficient (Wildman–Crippen LogP) is 3.80. The van der Waals surface area contributed by atoms with E-state index >= 15 is 0 Å². The first kappa shape index (κ1) is 18.1. The Bertz CT molecular complexity index is 445. The molecule has 0 aliphatic rings. The van der Waals surface area contributed by atoms with E-state index < -0.39 is 5.54 Å². The van der Waals surface area contributed by atoms with Gasteiger partial charge in [-0.3, -0.25) is 10.1 Å². The van der Waals surface area contributed by atoms with Crippen molar-refractivity contribution in [2.75, 3.05) is 12.4 Å². The SMILES string of the molecule is CCOC(=O)C(C)(CCSc1ccc(C)cc1)NC(C)C. The summed E-state index contributed by atoms with van der Waals surface area (Å²) in [6.45, 7) is 10.4. The number of aryl methyl sites for hydroxylation is 1. The molecule has 0 aliphatic heterocycles. The molecule has 0 heterocycles. The molecule has 21 heavy (non-hydrogen) atoms. The largest absolute Gasteiger partial charge is 0.465 e. The van der Waals surface area contributed by atoms with E-state index in [0.29, 0.717) is 6.61 Å². The fraction of sp³-hybridized carbons (Fsp3) is 0.588. The summed E-state index contributed by atoms with van der Waals surface area (Å²) in [5.41, 5.74) is 0.638. The molecule has 0 bridgehead atoms. The van der Waals surface area contributed by atoms with Gasteiger partial charge in [0.05, 0.1) is 6.61 Å². The van der Waals surface area contributed by atoms with E-state index in [0.717, 1.165) is 12.2 Å². The van der Waals surface area contributed by atoms with E-state index in [4.69, 9.17) is 4.74 Å². The van der Waals surface area contributed by atoms with Crippen LogP contribution in [0.5, 0.6) is 0 Å². The van der Waals surface area contributed by atoms with Crippen LogP contribution >= 0.6 is 11.8 Å². The summed E-state index contributed by atoms with van der Waals surface area (Å²) in [7, 11) is 0. The van der Waals surface area contributed by atoms with Crippen molar-refractivity contribution in [3.05, 3.63) is 29.8 Å². The Balaban J connectivity index is 2.60. The second kappa shape index (κ2) is 8.44. The monoisotopic (exact) mass is 309 g/mol. The summed E-state index contributed by atoms with van der Waals surface area (Å²) in [6.07, 6.45) is 0.739. The third-order valence-electron chi connectivity index (χ3n) is 3.22. The summed E-state index contributed by atoms with van der Waals surface area (Å²) in [5, 5.41) is 3.35. The van der Waals surface area contributed by atoms with Crippen molar-refractivity contribution in [3.8, 4) is 0 Å². The molecule has 0 spiro atoms. The molecule has 0 aromatic heterocycles. The van der Waals surface area contributed by atoms with Crippen LogP contribution in [0.15, 0.2) is 29.2 Å². The van der Waals surface area contributed by atoms with Crippen molar-refractivity contribution in [1.82, 2.24) is 5.32 Å². The quantitative estimate of drug-likeness (QED) is 0.585. The number of carbonyl (C=O) groups is 1. The number of esters is 1. The zero-order valence-corrected chi connectivity index (χ0v) is 14.5. The Kier molecular flexibility index (Phi) is 7.26. The normalized spacial score (nSPS) is 14.0. The van der Waals surface area contributed by atoms with E-state index in [1.54, 1.807) is 11.8 Å². The van der Waals surface area contributed by atoms with Gasteiger partial charge in [-0.2, -0.15) is 0 Å². The summed E-state index contributed by atoms with van der Waals surface area (Å²) in [5.74, 6) is 0.709. The number of hydrogen-bond donors (Lipinski definition) is 1. The van der Waals surface area contributed by atoms with Crippen molar-refractivity contribution < 1.29 is 9.53 Å². The maximum atomic E-state index is 12.2. The van der Waals surface area contributed by atoms with Crippen LogP contribution in [-0.2, 0) is 9.53 Å². The molecular weight excluding hydrogens is 282 g/mol. The highest BCUT2D eigenvalue weighted by molar-refractivity contribution is 7.99. The van der Waals surface area contributed by atoms with Gasteiger partial charge in [0.15, 0.2) is 0 Å². The van der Waals surface area contributed by atoms with E-state index in [2.05, 4.69) is 36.5 Å². The molecule has 1 aromatic rings. The second-order valence-electron chi connectivity index (χ2n) is 5.76. The minimum absolute atomic E-state index is 0.164. The molecular formula is C17H27NO2S. The van der Waals surface area contributed by atoms with Crippen molar-refractivity contribution in [1.29, 1.82) is 0 Å². The molecule has 0 fully saturated rings. The Morgan fingerprint density at radius 1 is 1.33 bits per heavy atom. The van der Waals surface area contributed by atoms with Crippen molar-refractivity contribution in [3.63, 3.8) is 0 Å². The maximum Gasteiger partial charge on any atom is 0.326 e. The maximum absolute atomic E-state index is 12.2. The summed E-state index contributed by atoms with van der Waals surface area (Å²) in [4.78, 5) is 13.4. The lowest BCUT2D eigenvalue weighted by Gasteiger charge is -2.30. The molecule has 0 saturated heterocycles. The topological polar surface area (TPSA) is 38.3 Å². The van der Waals surface area contributed by atoms with E-state index in [1.165, 1.54) is 10.5 Å². The third kappa shape index (κ3) is 6.10. The molecule has 0 saturated carbocycles. The minimum Gasteiger partial charge on any atom is -0.465 e. The number of hydrogen-bond acceptors (Lipinski definition) is 4. The molecule has 118 valence electrons. The molecule has 0 radical (unpaired) electrons. The molecule has 1 rings (SSSR count). The fourth-order valence-electron chi connectivity index (χ4n) is 2.17. The summed E-state index contributed by atoms with van der Waals surface area (Å²) < 4.78 is 5.22. The average Bonchev–Trinajstić information content (AvgIpc) is 2.40. The van der Waals surface area contributed by atoms with Gasteiger partial charge < -0.3 is 4.74 Å². The first-order valence-electron chi connectivity index (χ1n) is 7.52. The van der Waals surface area contributed by atoms with Crippen LogP contribution in [-0.4, -0.2) is 29.9 Å². The van der Waals surface area contributed by atoms with Crippen LogP contribution in [0.1, 0.15) is 39.7 Å². The Hall–Kier alpha value is -1.00. The van der Waals surface area contributed by atoms with Crippen LogP contribution < -0.4 is 5.32 Å². The van der Waals surface area contributed by atoms with Crippen molar-refractivity contribution in [2.24, 2.45) is 0 Å². The molecule has 3 nitrogen and oxygen atoms in total. The standard InChI is InChI=1S/C17H27NO2S/c1-6-20-16(19)17(5,18-13(2)3)11-12-21-15-9-7-14(4)8-10-15/h7-10,13,18H,6,11-12H2,1-5H3. The highest BCUT2D eigenvalue weighted by Gasteiger charge is 2.34. The Labute approximate surface area is 132 Å². The van der Waals surface area contributed by atoms with Gasteiger partial charge in [-0.15, -0.1) is 11.8 Å². The van der Waals surface area contributed by atoms with Gasteiger partial charge in [0.2, 0.25) is 0 Å². The van der Waals surface area contributed by atoms with Crippen molar-refractivity contribution >= 4 is 17.7 Å². The zero-order valence-electron chi connectivity index (χ0n) is 13.7. The van der Waals surface area contributed by atoms with Crippen LogP contribution in [0.2, 0.25) is 0 Å². The number of ether oxygens (including phenoxy) is 1. The van der Waals surface area contributed by atoms with Gasteiger partial charge in [-0.25, -0.2) is 0 Å². The molecule has 1 atom stereocenters. The van der Waals surface area contributed by atoms with Gasteiger partial charge in [0.1, 0.15) is 5.54 Å². The lowest BCUT2D eigenvalue weighted by Crippen LogP contribution is -2.53. The van der Waals surface area contributed by atoms with Crippen LogP contribution in [0.25, 0.3) is 0 Å². The van der Waals surface area contributed by atoms with Crippen LogP contribution in [0.3, 0.4) is 0 Å². The van der Waals surface area contributed by atoms with E-state index in [-0.39, 0.29) is 12.0 Å². The molecule has 4 heteroatoms. The van der Waals surface area contributed by atoms with Crippen molar-refractivity contribution in [2.45, 2.75) is 57.5 Å². The molecule has 1 unspecified atom stereocenters. The van der Waals surface area contributed by atoms with Crippen LogP contribution in [0, 0.1) is 6.92 Å². The van der Waals surface area contributed by atoms with Gasteiger partial charge in [0, 0.05) is 16.7 Å². The number of nitrogens with one attached hydrogen (secondary N) is 1. The summed E-state index contributed by atoms with van der Waals surface area (Å²) >= 11 is 1.77. The smallest absolute Gasteiger partial charge is 0.326 e. The van der Waals surface area contributed by atoms with Gasteiger partial charge >= 0.3 is 5.97 Å².